The van der Waals surface area contributed by atoms with E-state index in [9.17, 15) is 9.59 Å². The van der Waals surface area contributed by atoms with Gasteiger partial charge >= 0.3 is 0 Å². The predicted molar refractivity (Wildman–Crippen MR) is 99.6 cm³/mol. The van der Waals surface area contributed by atoms with Gasteiger partial charge in [-0.25, -0.2) is 4.98 Å². The van der Waals surface area contributed by atoms with Crippen molar-refractivity contribution in [1.82, 2.24) is 29.0 Å². The number of hydrogen-bond donors (Lipinski definition) is 0. The summed E-state index contributed by atoms with van der Waals surface area (Å²) in [5.41, 5.74) is 1.15. The molecular weight excluding hydrogens is 364 g/mol. The Labute approximate surface area is 160 Å². The summed E-state index contributed by atoms with van der Waals surface area (Å²) in [6.07, 6.45) is 0. The highest BCUT2D eigenvalue weighted by Crippen LogP contribution is 2.30. The van der Waals surface area contributed by atoms with Crippen molar-refractivity contribution in [3.05, 3.63) is 47.0 Å². The standard InChI is InChI=1S/C18H18N6O2S/c1-10-15-20-21-16(17-19-12(3)22-27-17)24(15)9-8-23(10)18(26)14-6-4-13(5-7-14)11(2)25/h4-7,10H,8-9H2,1-3H3/t10-/m1/s1. The molecule has 0 saturated carbocycles. The molecule has 0 radical (unpaired) electrons. The number of carbonyl (C=O) groups excluding carboxylic acids is 2. The number of benzene rings is 1. The Morgan fingerprint density at radius 1 is 1.11 bits per heavy atom. The third-order valence-corrected chi connectivity index (χ3v) is 5.51. The number of rotatable bonds is 3. The topological polar surface area (TPSA) is 93.9 Å². The molecule has 0 aliphatic carbocycles. The summed E-state index contributed by atoms with van der Waals surface area (Å²) in [7, 11) is 0. The number of fused-ring (bicyclic) bond motifs is 1. The summed E-state index contributed by atoms with van der Waals surface area (Å²) < 4.78 is 6.21. The van der Waals surface area contributed by atoms with E-state index in [2.05, 4.69) is 19.6 Å². The fraction of sp³-hybridized carbons (Fsp3) is 0.333. The average Bonchev–Trinajstić information content (AvgIpc) is 3.28. The first-order valence-electron chi connectivity index (χ1n) is 8.61. The van der Waals surface area contributed by atoms with E-state index >= 15 is 0 Å². The quantitative estimate of drug-likeness (QED) is 0.646. The van der Waals surface area contributed by atoms with E-state index in [1.165, 1.54) is 18.5 Å². The molecule has 0 N–H and O–H groups in total. The minimum Gasteiger partial charge on any atom is -0.327 e. The zero-order valence-electron chi connectivity index (χ0n) is 15.2. The van der Waals surface area contributed by atoms with Crippen LogP contribution in [-0.2, 0) is 6.54 Å². The van der Waals surface area contributed by atoms with Gasteiger partial charge in [-0.3, -0.25) is 9.59 Å². The second-order valence-corrected chi connectivity index (χ2v) is 7.24. The van der Waals surface area contributed by atoms with Gasteiger partial charge in [0.1, 0.15) is 5.82 Å². The maximum atomic E-state index is 12.9. The van der Waals surface area contributed by atoms with Gasteiger partial charge in [-0.1, -0.05) is 12.1 Å². The van der Waals surface area contributed by atoms with Gasteiger partial charge in [0.05, 0.1) is 6.04 Å². The van der Waals surface area contributed by atoms with Crippen LogP contribution in [0.5, 0.6) is 0 Å². The van der Waals surface area contributed by atoms with Gasteiger partial charge in [0.15, 0.2) is 22.4 Å². The van der Waals surface area contributed by atoms with Gasteiger partial charge in [0.2, 0.25) is 0 Å². The molecule has 0 unspecified atom stereocenters. The molecule has 0 bridgehead atoms. The van der Waals surface area contributed by atoms with Crippen LogP contribution in [0, 0.1) is 6.92 Å². The van der Waals surface area contributed by atoms with Gasteiger partial charge in [-0.2, -0.15) is 4.37 Å². The van der Waals surface area contributed by atoms with Crippen LogP contribution in [0.1, 0.15) is 52.3 Å². The van der Waals surface area contributed by atoms with Gasteiger partial charge in [-0.05, 0) is 44.4 Å². The monoisotopic (exact) mass is 382 g/mol. The number of amides is 1. The van der Waals surface area contributed by atoms with Gasteiger partial charge < -0.3 is 9.47 Å². The molecule has 0 saturated heterocycles. The van der Waals surface area contributed by atoms with Crippen LogP contribution < -0.4 is 0 Å². The molecule has 0 fully saturated rings. The third-order valence-electron chi connectivity index (χ3n) is 4.70. The lowest BCUT2D eigenvalue weighted by molar-refractivity contribution is 0.0638. The van der Waals surface area contributed by atoms with Crippen molar-refractivity contribution in [3.8, 4) is 10.8 Å². The molecule has 4 rings (SSSR count). The summed E-state index contributed by atoms with van der Waals surface area (Å²) in [6.45, 7) is 6.43. The van der Waals surface area contributed by atoms with E-state index < -0.39 is 0 Å². The number of Topliss-reactive ketones (excluding diaryl/α,β-unsaturated/α-hetero) is 1. The van der Waals surface area contributed by atoms with Crippen molar-refractivity contribution in [1.29, 1.82) is 0 Å². The molecule has 9 heteroatoms. The van der Waals surface area contributed by atoms with E-state index in [0.717, 1.165) is 10.8 Å². The lowest BCUT2D eigenvalue weighted by atomic mass is 10.1. The average molecular weight is 382 g/mol. The first-order valence-corrected chi connectivity index (χ1v) is 9.39. The molecule has 1 amide bonds. The number of hydrogen-bond acceptors (Lipinski definition) is 7. The van der Waals surface area contributed by atoms with Crippen molar-refractivity contribution < 1.29 is 9.59 Å². The van der Waals surface area contributed by atoms with Gasteiger partial charge in [-0.15, -0.1) is 10.2 Å². The second kappa shape index (κ2) is 6.66. The summed E-state index contributed by atoms with van der Waals surface area (Å²) in [4.78, 5) is 30.5. The first-order chi connectivity index (χ1) is 13.0. The molecule has 138 valence electrons. The number of aryl methyl sites for hydroxylation is 1. The zero-order chi connectivity index (χ0) is 19.1. The van der Waals surface area contributed by atoms with Crippen LogP contribution in [0.3, 0.4) is 0 Å². The first kappa shape index (κ1) is 17.5. The molecule has 1 aliphatic rings. The van der Waals surface area contributed by atoms with Gasteiger partial charge in [0, 0.05) is 24.2 Å². The van der Waals surface area contributed by atoms with E-state index in [1.807, 2.05) is 18.4 Å². The molecule has 1 aliphatic heterocycles. The Balaban J connectivity index is 1.60. The second-order valence-electron chi connectivity index (χ2n) is 6.49. The van der Waals surface area contributed by atoms with Gasteiger partial charge in [0.25, 0.3) is 5.91 Å². The summed E-state index contributed by atoms with van der Waals surface area (Å²) in [6, 6.07) is 6.54. The van der Waals surface area contributed by atoms with Crippen LogP contribution in [0.25, 0.3) is 10.8 Å². The smallest absolute Gasteiger partial charge is 0.254 e. The molecule has 1 atom stereocenters. The summed E-state index contributed by atoms with van der Waals surface area (Å²) in [5, 5.41) is 9.31. The zero-order valence-corrected chi connectivity index (χ0v) is 16.0. The van der Waals surface area contributed by atoms with Crippen molar-refractivity contribution >= 4 is 23.2 Å². The fourth-order valence-corrected chi connectivity index (χ4v) is 3.89. The fourth-order valence-electron chi connectivity index (χ4n) is 3.22. The molecule has 2 aromatic heterocycles. The molecule has 8 nitrogen and oxygen atoms in total. The Morgan fingerprint density at radius 3 is 2.44 bits per heavy atom. The lowest BCUT2D eigenvalue weighted by Crippen LogP contribution is -2.41. The van der Waals surface area contributed by atoms with Crippen LogP contribution in [-0.4, -0.2) is 47.3 Å². The van der Waals surface area contributed by atoms with Crippen molar-refractivity contribution in [2.75, 3.05) is 6.54 Å². The minimum absolute atomic E-state index is 0.0205. The van der Waals surface area contributed by atoms with E-state index in [-0.39, 0.29) is 17.7 Å². The predicted octanol–water partition coefficient (Wildman–Crippen LogP) is 2.52. The molecule has 27 heavy (non-hydrogen) atoms. The highest BCUT2D eigenvalue weighted by Gasteiger charge is 2.32. The maximum Gasteiger partial charge on any atom is 0.254 e. The number of ketones is 1. The third kappa shape index (κ3) is 3.03. The molecule has 3 heterocycles. The van der Waals surface area contributed by atoms with Crippen LogP contribution in [0.4, 0.5) is 0 Å². The normalized spacial score (nSPS) is 16.3. The Bertz CT molecular complexity index is 1020. The minimum atomic E-state index is -0.214. The summed E-state index contributed by atoms with van der Waals surface area (Å²) in [5.74, 6) is 2.04. The molecule has 0 spiro atoms. The maximum absolute atomic E-state index is 12.9. The largest absolute Gasteiger partial charge is 0.327 e. The SMILES string of the molecule is CC(=O)c1ccc(C(=O)N2CCn3c(-c4nc(C)ns4)nnc3[C@H]2C)cc1. The Hall–Kier alpha value is -2.94. The lowest BCUT2D eigenvalue weighted by Gasteiger charge is -2.33. The summed E-state index contributed by atoms with van der Waals surface area (Å²) >= 11 is 1.30. The number of nitrogens with zero attached hydrogens (tertiary/aromatic N) is 6. The van der Waals surface area contributed by atoms with Crippen LogP contribution in [0.15, 0.2) is 24.3 Å². The van der Waals surface area contributed by atoms with Crippen LogP contribution >= 0.6 is 11.5 Å². The van der Waals surface area contributed by atoms with Crippen molar-refractivity contribution in [2.45, 2.75) is 33.4 Å². The van der Waals surface area contributed by atoms with Crippen molar-refractivity contribution in [2.24, 2.45) is 0 Å². The van der Waals surface area contributed by atoms with E-state index in [0.29, 0.717) is 35.9 Å². The molecule has 1 aromatic carbocycles. The highest BCUT2D eigenvalue weighted by molar-refractivity contribution is 7.09. The van der Waals surface area contributed by atoms with Crippen molar-refractivity contribution in [3.63, 3.8) is 0 Å². The highest BCUT2D eigenvalue weighted by atomic mass is 32.1. The number of aromatic nitrogens is 5. The Morgan fingerprint density at radius 2 is 1.81 bits per heavy atom. The molecule has 3 aromatic rings. The Kier molecular flexibility index (Phi) is 4.31. The number of carbonyl (C=O) groups is 2. The van der Waals surface area contributed by atoms with E-state index in [1.54, 1.807) is 29.2 Å². The molecular formula is C18H18N6O2S. The van der Waals surface area contributed by atoms with Crippen LogP contribution in [0.2, 0.25) is 0 Å². The van der Waals surface area contributed by atoms with E-state index in [4.69, 9.17) is 0 Å².